The zero-order valence-electron chi connectivity index (χ0n) is 26.0. The van der Waals surface area contributed by atoms with Gasteiger partial charge in [-0.3, -0.25) is 4.79 Å². The van der Waals surface area contributed by atoms with Gasteiger partial charge in [-0.05, 0) is 89.1 Å². The third kappa shape index (κ3) is 6.04. The van der Waals surface area contributed by atoms with E-state index in [4.69, 9.17) is 23.4 Å². The van der Waals surface area contributed by atoms with Gasteiger partial charge in [-0.2, -0.15) is 0 Å². The van der Waals surface area contributed by atoms with Gasteiger partial charge in [-0.1, -0.05) is 6.07 Å². The molecule has 0 saturated carbocycles. The highest BCUT2D eigenvalue weighted by atomic mass is 16.7. The predicted molar refractivity (Wildman–Crippen MR) is 164 cm³/mol. The van der Waals surface area contributed by atoms with Gasteiger partial charge in [0.15, 0.2) is 23.6 Å². The molecule has 1 amide bonds. The first-order chi connectivity index (χ1) is 21.2. The lowest BCUT2D eigenvalue weighted by molar-refractivity contribution is -0.305. The summed E-state index contributed by atoms with van der Waals surface area (Å²) in [5, 5.41) is 24.9. The molecule has 5 rings (SSSR count). The summed E-state index contributed by atoms with van der Waals surface area (Å²) >= 11 is 0. The zero-order valence-corrected chi connectivity index (χ0v) is 26.0. The van der Waals surface area contributed by atoms with Gasteiger partial charge in [-0.15, -0.1) is 0 Å². The van der Waals surface area contributed by atoms with Crippen molar-refractivity contribution in [1.82, 2.24) is 4.98 Å². The summed E-state index contributed by atoms with van der Waals surface area (Å²) in [6.45, 7) is 10.6. The number of aliphatic hydroxyl groups excluding tert-OH is 1. The zero-order chi connectivity index (χ0) is 32.8. The number of rotatable bonds is 7. The highest BCUT2D eigenvalue weighted by Crippen LogP contribution is 2.38. The van der Waals surface area contributed by atoms with Crippen LogP contribution in [-0.4, -0.2) is 64.4 Å². The second kappa shape index (κ2) is 12.0. The van der Waals surface area contributed by atoms with E-state index < -0.39 is 59.1 Å². The van der Waals surface area contributed by atoms with Crippen LogP contribution in [0.5, 0.6) is 11.5 Å². The number of carbonyl (C=O) groups excluding carboxylic acids is 2. The normalized spacial score (nSPS) is 21.0. The molecule has 1 saturated heterocycles. The summed E-state index contributed by atoms with van der Waals surface area (Å²) in [6.07, 6.45) is -4.84. The van der Waals surface area contributed by atoms with Crippen LogP contribution < -0.4 is 15.7 Å². The molecule has 0 aliphatic carbocycles. The van der Waals surface area contributed by atoms with Gasteiger partial charge in [0, 0.05) is 23.9 Å². The molecule has 238 valence electrons. The van der Waals surface area contributed by atoms with E-state index in [9.17, 15) is 24.6 Å². The van der Waals surface area contributed by atoms with Gasteiger partial charge in [-0.25, -0.2) is 9.59 Å². The van der Waals surface area contributed by atoms with Crippen molar-refractivity contribution in [1.29, 1.82) is 0 Å². The molecule has 12 nitrogen and oxygen atoms in total. The van der Waals surface area contributed by atoms with E-state index in [0.29, 0.717) is 11.1 Å². The molecule has 1 aliphatic rings. The van der Waals surface area contributed by atoms with Crippen LogP contribution in [0.15, 0.2) is 51.7 Å². The summed E-state index contributed by atoms with van der Waals surface area (Å²) in [6, 6.07) is 11.3. The van der Waals surface area contributed by atoms with Crippen molar-refractivity contribution in [2.45, 2.75) is 71.7 Å². The number of hydrogen-bond acceptors (Lipinski definition) is 10. The second-order valence-corrected chi connectivity index (χ2v) is 11.7. The lowest BCUT2D eigenvalue weighted by atomic mass is 9.89. The number of amides is 1. The number of carbonyl (C=O) groups is 2. The topological polar surface area (TPSA) is 170 Å². The first-order valence-electron chi connectivity index (χ1n) is 14.3. The quantitative estimate of drug-likeness (QED) is 0.171. The number of aromatic amines is 1. The van der Waals surface area contributed by atoms with E-state index in [1.54, 1.807) is 58.0 Å². The fourth-order valence-electron chi connectivity index (χ4n) is 5.42. The maximum atomic E-state index is 13.0. The fourth-order valence-corrected chi connectivity index (χ4v) is 5.42. The van der Waals surface area contributed by atoms with E-state index in [1.165, 1.54) is 19.2 Å². The number of nitrogens with one attached hydrogen (secondary N) is 2. The van der Waals surface area contributed by atoms with Crippen LogP contribution in [0.1, 0.15) is 57.1 Å². The summed E-state index contributed by atoms with van der Waals surface area (Å²) in [5.74, 6) is -1.58. The van der Waals surface area contributed by atoms with E-state index >= 15 is 0 Å². The lowest BCUT2D eigenvalue weighted by Crippen LogP contribution is -2.65. The Bertz CT molecular complexity index is 1840. The third-order valence-electron chi connectivity index (χ3n) is 8.07. The average molecular weight is 621 g/mol. The number of H-pyrrole nitrogens is 1. The number of fused-ring (bicyclic) bond motifs is 1. The minimum atomic E-state index is -1.48. The second-order valence-electron chi connectivity index (χ2n) is 11.7. The van der Waals surface area contributed by atoms with Crippen molar-refractivity contribution in [3.63, 3.8) is 0 Å². The molecule has 4 atom stereocenters. The molecule has 0 unspecified atom stereocenters. The number of ether oxygens (including phenoxy) is 4. The Balaban J connectivity index is 1.42. The maximum Gasteiger partial charge on any atom is 0.364 e. The van der Waals surface area contributed by atoms with Gasteiger partial charge in [0.1, 0.15) is 23.1 Å². The number of aliphatic hydroxyl groups is 1. The first-order valence-corrected chi connectivity index (χ1v) is 14.3. The minimum Gasteiger partial charge on any atom is -0.505 e. The van der Waals surface area contributed by atoms with Crippen molar-refractivity contribution in [2.24, 2.45) is 0 Å². The number of aromatic hydroxyl groups is 1. The summed E-state index contributed by atoms with van der Waals surface area (Å²) in [7, 11) is 1.42. The smallest absolute Gasteiger partial charge is 0.364 e. The summed E-state index contributed by atoms with van der Waals surface area (Å²) in [4.78, 5) is 41.6. The molecule has 0 radical (unpaired) electrons. The van der Waals surface area contributed by atoms with Crippen LogP contribution in [0.25, 0.3) is 11.0 Å². The van der Waals surface area contributed by atoms with Crippen molar-refractivity contribution in [2.75, 3.05) is 12.4 Å². The monoisotopic (exact) mass is 620 g/mol. The van der Waals surface area contributed by atoms with Crippen molar-refractivity contribution >= 4 is 28.5 Å². The van der Waals surface area contributed by atoms with Crippen LogP contribution in [0.3, 0.4) is 0 Å². The van der Waals surface area contributed by atoms with E-state index in [-0.39, 0.29) is 22.4 Å². The van der Waals surface area contributed by atoms with Crippen LogP contribution in [0.4, 0.5) is 5.69 Å². The Morgan fingerprint density at radius 1 is 1.02 bits per heavy atom. The van der Waals surface area contributed by atoms with Gasteiger partial charge in [0.05, 0.1) is 11.0 Å². The molecule has 1 fully saturated rings. The molecule has 45 heavy (non-hydrogen) atoms. The molecule has 2 aromatic heterocycles. The number of methoxy groups -OCH3 is 1. The van der Waals surface area contributed by atoms with E-state index in [1.807, 2.05) is 13.8 Å². The van der Waals surface area contributed by atoms with Crippen molar-refractivity contribution in [3.05, 3.63) is 86.5 Å². The molecule has 1 aliphatic heterocycles. The molecule has 0 spiro atoms. The Morgan fingerprint density at radius 2 is 1.76 bits per heavy atom. The average Bonchev–Trinajstić information content (AvgIpc) is 3.42. The lowest BCUT2D eigenvalue weighted by Gasteiger charge is -2.47. The highest BCUT2D eigenvalue weighted by molar-refractivity contribution is 6.06. The van der Waals surface area contributed by atoms with Gasteiger partial charge >= 0.3 is 11.6 Å². The van der Waals surface area contributed by atoms with Gasteiger partial charge in [0.25, 0.3) is 5.91 Å². The Morgan fingerprint density at radius 3 is 2.40 bits per heavy atom. The third-order valence-corrected chi connectivity index (χ3v) is 8.07. The van der Waals surface area contributed by atoms with Crippen LogP contribution in [0, 0.1) is 27.7 Å². The Kier molecular flexibility index (Phi) is 8.49. The SMILES string of the molecule is CO[C@@H]1[C@@H](OC(=O)c2ccc(C)[nH]2)[C@@H](O)[C@H](Oc2ccc3c(O)c(NC(=O)c4ccc(C)c(C)c4)c(=O)oc3c2C)OC1(C)C. The number of esters is 1. The summed E-state index contributed by atoms with van der Waals surface area (Å²) < 4.78 is 28.9. The van der Waals surface area contributed by atoms with E-state index in [0.717, 1.165) is 16.8 Å². The molecule has 4 aromatic rings. The van der Waals surface area contributed by atoms with Crippen LogP contribution in [0.2, 0.25) is 0 Å². The number of aromatic nitrogens is 1. The van der Waals surface area contributed by atoms with E-state index in [2.05, 4.69) is 10.3 Å². The van der Waals surface area contributed by atoms with Crippen LogP contribution >= 0.6 is 0 Å². The molecular formula is C33H36N2O10. The van der Waals surface area contributed by atoms with Crippen LogP contribution in [-0.2, 0) is 14.2 Å². The number of hydrogen-bond donors (Lipinski definition) is 4. The molecule has 4 N–H and O–H groups in total. The number of aryl methyl sites for hydroxylation is 4. The van der Waals surface area contributed by atoms with Gasteiger partial charge < -0.3 is 43.9 Å². The minimum absolute atomic E-state index is 0.00333. The largest absolute Gasteiger partial charge is 0.505 e. The molecule has 3 heterocycles. The first kappa shape index (κ1) is 31.8. The molecule has 12 heteroatoms. The fraction of sp³-hybridized carbons (Fsp3) is 0.364. The maximum absolute atomic E-state index is 13.0. The Hall–Kier alpha value is -4.65. The van der Waals surface area contributed by atoms with Crippen molar-refractivity contribution in [3.8, 4) is 11.5 Å². The Labute approximate surface area is 258 Å². The predicted octanol–water partition coefficient (Wildman–Crippen LogP) is 4.43. The molecule has 2 aromatic carbocycles. The number of anilines is 1. The summed E-state index contributed by atoms with van der Waals surface area (Å²) in [5.41, 5.74) is 1.05. The molecule has 0 bridgehead atoms. The van der Waals surface area contributed by atoms with Crippen molar-refractivity contribution < 1.29 is 43.2 Å². The molecular weight excluding hydrogens is 584 g/mol. The number of benzene rings is 2. The highest BCUT2D eigenvalue weighted by Gasteiger charge is 2.53. The standard InChI is InChI=1S/C33H36N2O10/c1-15-8-10-19(14-16(15)2)29(38)35-23-24(36)20-11-13-22(18(4)26(20)43-31(23)40)42-32-25(37)27(28(41-7)33(5,6)45-32)44-30(39)21-12-9-17(3)34-21/h8-14,25,27-28,32,34,36-37H,1-7H3,(H,35,38)/t25-,27+,28-,32-/m1/s1. The van der Waals surface area contributed by atoms with Gasteiger partial charge in [0.2, 0.25) is 6.29 Å².